The summed E-state index contributed by atoms with van der Waals surface area (Å²) in [5.74, 6) is -0.345. The van der Waals surface area contributed by atoms with Crippen molar-refractivity contribution < 1.29 is 32.2 Å². The summed E-state index contributed by atoms with van der Waals surface area (Å²) >= 11 is 7.71. The van der Waals surface area contributed by atoms with Crippen molar-refractivity contribution in [3.8, 4) is 22.2 Å². The number of alkyl halides is 3. The maximum absolute atomic E-state index is 12.7. The van der Waals surface area contributed by atoms with E-state index < -0.39 is 24.1 Å². The molecule has 1 fully saturated rings. The number of carbonyl (C=O) groups is 1. The quantitative estimate of drug-likeness (QED) is 0.265. The first-order valence-corrected chi connectivity index (χ1v) is 13.3. The first-order chi connectivity index (χ1) is 18.6. The molecule has 2 aromatic heterocycles. The summed E-state index contributed by atoms with van der Waals surface area (Å²) in [5.41, 5.74) is 7.07. The van der Waals surface area contributed by atoms with Gasteiger partial charge in [0.1, 0.15) is 45.7 Å². The second-order valence-electron chi connectivity index (χ2n) is 8.94. The van der Waals surface area contributed by atoms with Crippen LogP contribution in [0.2, 0.25) is 5.02 Å². The summed E-state index contributed by atoms with van der Waals surface area (Å²) in [6.07, 6.45) is -2.18. The molecule has 1 amide bonds. The van der Waals surface area contributed by atoms with Gasteiger partial charge in [-0.1, -0.05) is 23.7 Å². The minimum Gasteiger partial charge on any atom is -0.489 e. The van der Waals surface area contributed by atoms with Crippen molar-refractivity contribution in [1.29, 1.82) is 0 Å². The second kappa shape index (κ2) is 10.9. The third kappa shape index (κ3) is 6.07. The molecular weight excluding hydrogens is 557 g/mol. The number of benzene rings is 2. The van der Waals surface area contributed by atoms with Gasteiger partial charge in [0.25, 0.3) is 5.91 Å². The van der Waals surface area contributed by atoms with Gasteiger partial charge in [-0.15, -0.1) is 24.5 Å². The zero-order chi connectivity index (χ0) is 27.7. The van der Waals surface area contributed by atoms with E-state index in [0.29, 0.717) is 32.4 Å². The molecule has 1 aliphatic rings. The fourth-order valence-corrected chi connectivity index (χ4v) is 5.63. The summed E-state index contributed by atoms with van der Waals surface area (Å²) < 4.78 is 56.1. The van der Waals surface area contributed by atoms with Gasteiger partial charge in [0.15, 0.2) is 0 Å². The molecule has 3 N–H and O–H groups in total. The van der Waals surface area contributed by atoms with E-state index in [-0.39, 0.29) is 16.7 Å². The molecule has 13 heteroatoms. The van der Waals surface area contributed by atoms with Gasteiger partial charge in [-0.3, -0.25) is 9.36 Å². The molecule has 8 nitrogen and oxygen atoms in total. The number of nitrogens with one attached hydrogen (secondary N) is 1. The summed E-state index contributed by atoms with van der Waals surface area (Å²) in [6, 6.07) is 10.8. The van der Waals surface area contributed by atoms with Crippen LogP contribution in [0.15, 0.2) is 48.8 Å². The number of nitrogens with two attached hydrogens (primary N) is 1. The van der Waals surface area contributed by atoms with Crippen molar-refractivity contribution in [2.45, 2.75) is 38.3 Å². The van der Waals surface area contributed by atoms with Crippen LogP contribution in [-0.4, -0.2) is 41.0 Å². The number of rotatable bonds is 8. The van der Waals surface area contributed by atoms with Crippen molar-refractivity contribution in [3.63, 3.8) is 0 Å². The number of fused-ring (bicyclic) bond motifs is 1. The van der Waals surface area contributed by atoms with Crippen molar-refractivity contribution in [2.24, 2.45) is 5.73 Å². The zero-order valence-electron chi connectivity index (χ0n) is 20.6. The minimum atomic E-state index is -4.84. The van der Waals surface area contributed by atoms with E-state index in [1.807, 2.05) is 12.1 Å². The van der Waals surface area contributed by atoms with E-state index in [9.17, 15) is 18.0 Å². The monoisotopic (exact) mass is 580 g/mol. The number of hydrogen-bond donors (Lipinski definition) is 2. The zero-order valence-corrected chi connectivity index (χ0v) is 22.2. The Morgan fingerprint density at radius 1 is 1.21 bits per heavy atom. The van der Waals surface area contributed by atoms with Crippen LogP contribution in [0.5, 0.6) is 17.2 Å². The van der Waals surface area contributed by atoms with E-state index in [0.717, 1.165) is 37.3 Å². The van der Waals surface area contributed by atoms with Crippen LogP contribution in [-0.2, 0) is 0 Å². The molecule has 2 aromatic carbocycles. The molecule has 0 saturated carbocycles. The molecule has 206 valence electrons. The minimum absolute atomic E-state index is 0.0585. The first-order valence-electron chi connectivity index (χ1n) is 12.1. The van der Waals surface area contributed by atoms with Crippen LogP contribution >= 0.6 is 22.9 Å². The normalized spacial score (nSPS) is 15.3. The first kappa shape index (κ1) is 27.1. The Labute approximate surface area is 230 Å². The third-order valence-electron chi connectivity index (χ3n) is 6.21. The summed E-state index contributed by atoms with van der Waals surface area (Å²) in [6.45, 7) is 3.53. The Morgan fingerprint density at radius 3 is 2.69 bits per heavy atom. The molecule has 0 bridgehead atoms. The highest BCUT2D eigenvalue weighted by molar-refractivity contribution is 7.16. The van der Waals surface area contributed by atoms with Gasteiger partial charge in [-0.2, -0.15) is 0 Å². The fraction of sp³-hybridized carbons (Fsp3) is 0.308. The maximum Gasteiger partial charge on any atom is 0.573 e. The second-order valence-corrected chi connectivity index (χ2v) is 10.4. The fourth-order valence-electron chi connectivity index (χ4n) is 4.38. The summed E-state index contributed by atoms with van der Waals surface area (Å²) in [7, 11) is 0. The number of primary amides is 1. The van der Waals surface area contributed by atoms with E-state index in [4.69, 9.17) is 26.8 Å². The van der Waals surface area contributed by atoms with Gasteiger partial charge < -0.3 is 25.3 Å². The number of imidazole rings is 1. The van der Waals surface area contributed by atoms with Crippen LogP contribution in [0.4, 0.5) is 13.2 Å². The van der Waals surface area contributed by atoms with E-state index in [1.54, 1.807) is 19.1 Å². The Balaban J connectivity index is 1.42. The Morgan fingerprint density at radius 2 is 1.97 bits per heavy atom. The largest absolute Gasteiger partial charge is 0.573 e. The number of nitrogens with zero attached hydrogens (tertiary/aromatic N) is 2. The lowest BCUT2D eigenvalue weighted by Gasteiger charge is -2.25. The van der Waals surface area contributed by atoms with Gasteiger partial charge in [0, 0.05) is 17.7 Å². The van der Waals surface area contributed by atoms with Gasteiger partial charge in [-0.05, 0) is 51.1 Å². The molecule has 3 heterocycles. The molecular formula is C26H24ClF3N4O4S. The van der Waals surface area contributed by atoms with Gasteiger partial charge in [0.05, 0.1) is 16.1 Å². The molecule has 0 spiro atoms. The number of halogens is 4. The highest BCUT2D eigenvalue weighted by Gasteiger charge is 2.31. The Kier molecular flexibility index (Phi) is 7.61. The third-order valence-corrected chi connectivity index (χ3v) is 7.75. The number of hydrogen-bond acceptors (Lipinski definition) is 7. The average Bonchev–Trinajstić information content (AvgIpc) is 3.49. The Hall–Kier alpha value is -3.48. The molecule has 1 atom stereocenters. The lowest BCUT2D eigenvalue weighted by molar-refractivity contribution is -0.274. The van der Waals surface area contributed by atoms with Crippen LogP contribution < -0.4 is 25.3 Å². The number of carbonyl (C=O) groups excluding carboxylic acids is 1. The van der Waals surface area contributed by atoms with Crippen molar-refractivity contribution in [3.05, 3.63) is 64.3 Å². The van der Waals surface area contributed by atoms with Gasteiger partial charge in [0.2, 0.25) is 0 Å². The number of ether oxygens (including phenoxy) is 3. The maximum atomic E-state index is 12.7. The van der Waals surface area contributed by atoms with Crippen LogP contribution in [0, 0.1) is 0 Å². The number of aromatic nitrogens is 2. The lowest BCUT2D eigenvalue weighted by atomic mass is 10.1. The van der Waals surface area contributed by atoms with Crippen molar-refractivity contribution in [2.75, 3.05) is 13.1 Å². The summed E-state index contributed by atoms with van der Waals surface area (Å²) in [4.78, 5) is 16.6. The lowest BCUT2D eigenvalue weighted by Crippen LogP contribution is -2.34. The van der Waals surface area contributed by atoms with Crippen LogP contribution in [0.3, 0.4) is 0 Å². The number of piperidine rings is 1. The predicted octanol–water partition coefficient (Wildman–Crippen LogP) is 6.01. The highest BCUT2D eigenvalue weighted by atomic mass is 35.5. The molecule has 0 unspecified atom stereocenters. The molecule has 1 saturated heterocycles. The van der Waals surface area contributed by atoms with Crippen LogP contribution in [0.1, 0.15) is 41.1 Å². The van der Waals surface area contributed by atoms with E-state index >= 15 is 0 Å². The van der Waals surface area contributed by atoms with E-state index in [2.05, 4.69) is 15.0 Å². The molecule has 0 aliphatic carbocycles. The van der Waals surface area contributed by atoms with Gasteiger partial charge >= 0.3 is 6.36 Å². The molecule has 1 aliphatic heterocycles. The molecule has 0 radical (unpaired) electrons. The molecule has 5 rings (SSSR count). The average molecular weight is 581 g/mol. The predicted molar refractivity (Wildman–Crippen MR) is 141 cm³/mol. The van der Waals surface area contributed by atoms with Crippen LogP contribution in [0.25, 0.3) is 16.0 Å². The van der Waals surface area contributed by atoms with Crippen molar-refractivity contribution in [1.82, 2.24) is 14.9 Å². The number of amides is 1. The summed E-state index contributed by atoms with van der Waals surface area (Å²) in [5, 5.41) is 4.17. The molecule has 39 heavy (non-hydrogen) atoms. The molecule has 4 aromatic rings. The van der Waals surface area contributed by atoms with Gasteiger partial charge in [-0.25, -0.2) is 4.98 Å². The smallest absolute Gasteiger partial charge is 0.489 e. The SMILES string of the molecule is C[C@@H](Oc1cc(-n2cnc3ccc(OC(F)(F)F)cc32)sc1C(N)=O)c1cccc(OC2CCNCC2)c1Cl. The Bertz CT molecular complexity index is 1500. The highest BCUT2D eigenvalue weighted by Crippen LogP contribution is 2.39. The topological polar surface area (TPSA) is 101 Å². The van der Waals surface area contributed by atoms with Crippen molar-refractivity contribution >= 4 is 39.9 Å². The number of thiophene rings is 1. The van der Waals surface area contributed by atoms with E-state index in [1.165, 1.54) is 29.1 Å². The standard InChI is InChI=1S/C26H24ClF3N4O4S/c1-14(17-3-2-4-20(23(17)27)37-15-7-9-32-10-8-15)36-21-12-22(39-24(21)25(31)35)34-13-33-18-6-5-16(11-19(18)34)38-26(28,29)30/h2-6,11-15,32H,7-10H2,1H3,(H2,31,35)/t14-/m1/s1.